The molecule has 0 aliphatic carbocycles. The molecule has 0 atom stereocenters. The van der Waals surface area contributed by atoms with Crippen LogP contribution in [0.1, 0.15) is 18.1 Å². The van der Waals surface area contributed by atoms with Crippen molar-refractivity contribution in [2.75, 3.05) is 0 Å². The molecule has 2 heterocycles. The van der Waals surface area contributed by atoms with Gasteiger partial charge in [0, 0.05) is 22.4 Å². The van der Waals surface area contributed by atoms with E-state index in [-0.39, 0.29) is 0 Å². The molecule has 4 aromatic rings. The fourth-order valence-corrected chi connectivity index (χ4v) is 3.51. The number of benzene rings is 2. The second-order valence-electron chi connectivity index (χ2n) is 6.26. The Kier molecular flexibility index (Phi) is 2.77. The van der Waals surface area contributed by atoms with E-state index in [0.717, 1.165) is 5.82 Å². The lowest BCUT2D eigenvalue weighted by atomic mass is 10.00. The van der Waals surface area contributed by atoms with Gasteiger partial charge < -0.3 is 0 Å². The Hall–Kier alpha value is -2.61. The molecule has 0 saturated heterocycles. The van der Waals surface area contributed by atoms with E-state index < -0.39 is 0 Å². The minimum Gasteiger partial charge on any atom is -0.237 e. The summed E-state index contributed by atoms with van der Waals surface area (Å²) < 4.78 is 12.4. The van der Waals surface area contributed by atoms with Gasteiger partial charge in [-0.25, -0.2) is 4.57 Å². The zero-order valence-electron chi connectivity index (χ0n) is 15.0. The molecule has 4 rings (SSSR count). The van der Waals surface area contributed by atoms with Crippen LogP contribution in [0.5, 0.6) is 0 Å². The second kappa shape index (κ2) is 4.95. The van der Waals surface area contributed by atoms with E-state index in [2.05, 4.69) is 61.7 Å². The lowest BCUT2D eigenvalue weighted by Crippen LogP contribution is -2.33. The number of hydrogen-bond donors (Lipinski definition) is 0. The summed E-state index contributed by atoms with van der Waals surface area (Å²) in [6.45, 7) is 6.57. The molecule has 0 saturated carbocycles. The summed E-state index contributed by atoms with van der Waals surface area (Å²) in [6.07, 6.45) is 0.500. The third-order valence-corrected chi connectivity index (χ3v) is 4.97. The third-order valence-electron chi connectivity index (χ3n) is 4.97. The molecular formula is C21H21N2+. The molecule has 0 radical (unpaired) electrons. The van der Waals surface area contributed by atoms with Crippen LogP contribution in [0, 0.1) is 20.8 Å². The maximum atomic E-state index is 8.16. The van der Waals surface area contributed by atoms with Gasteiger partial charge in [-0.2, -0.15) is 4.57 Å². The molecule has 2 heteroatoms. The van der Waals surface area contributed by atoms with Crippen molar-refractivity contribution >= 4 is 21.8 Å². The molecule has 0 bridgehead atoms. The van der Waals surface area contributed by atoms with Gasteiger partial charge in [-0.1, -0.05) is 18.2 Å². The molecule has 0 aliphatic rings. The SMILES string of the molecule is [2H]c1cccc(-n2c3ccccc3c3cc(C)c(C)c(C)c32)[n+]1C. The fourth-order valence-electron chi connectivity index (χ4n) is 3.51. The van der Waals surface area contributed by atoms with Crippen LogP contribution in [0.25, 0.3) is 27.6 Å². The third kappa shape index (κ3) is 1.91. The highest BCUT2D eigenvalue weighted by atomic mass is 15.1. The van der Waals surface area contributed by atoms with E-state index in [1.165, 1.54) is 38.5 Å². The number of pyridine rings is 1. The van der Waals surface area contributed by atoms with Gasteiger partial charge in [0.25, 0.3) is 5.82 Å². The predicted octanol–water partition coefficient (Wildman–Crippen LogP) is 4.53. The van der Waals surface area contributed by atoms with Gasteiger partial charge in [-0.15, -0.1) is 0 Å². The van der Waals surface area contributed by atoms with E-state index in [1.807, 2.05) is 23.7 Å². The van der Waals surface area contributed by atoms with Crippen molar-refractivity contribution in [1.82, 2.24) is 4.57 Å². The lowest BCUT2D eigenvalue weighted by Gasteiger charge is -2.08. The topological polar surface area (TPSA) is 8.81 Å². The minimum atomic E-state index is 0.500. The van der Waals surface area contributed by atoms with E-state index in [1.54, 1.807) is 0 Å². The molecular weight excluding hydrogens is 280 g/mol. The van der Waals surface area contributed by atoms with Crippen LogP contribution < -0.4 is 4.57 Å². The van der Waals surface area contributed by atoms with Gasteiger partial charge in [0.1, 0.15) is 12.4 Å². The van der Waals surface area contributed by atoms with Crippen molar-refractivity contribution in [3.05, 3.63) is 71.4 Å². The number of aromatic nitrogens is 2. The molecule has 0 amide bonds. The second-order valence-corrected chi connectivity index (χ2v) is 6.26. The molecule has 0 spiro atoms. The quantitative estimate of drug-likeness (QED) is 0.457. The number of para-hydroxylation sites is 1. The summed E-state index contributed by atoms with van der Waals surface area (Å²) in [5.41, 5.74) is 6.37. The summed E-state index contributed by atoms with van der Waals surface area (Å²) in [6, 6.07) is 16.7. The van der Waals surface area contributed by atoms with Crippen LogP contribution in [0.2, 0.25) is 0 Å². The average Bonchev–Trinajstić information content (AvgIpc) is 2.90. The standard InChI is InChI=1S/C21H21N2/c1-14-13-18-17-9-5-6-10-19(17)23(21(18)16(3)15(14)2)20-11-7-8-12-22(20)4/h5-13H,1-4H3/q+1/i12D. The number of aryl methyl sites for hydroxylation is 2. The number of hydrogen-bond acceptors (Lipinski definition) is 0. The largest absolute Gasteiger partial charge is 0.286 e. The number of rotatable bonds is 1. The van der Waals surface area contributed by atoms with Gasteiger partial charge in [-0.05, 0) is 56.2 Å². The van der Waals surface area contributed by atoms with E-state index >= 15 is 0 Å². The van der Waals surface area contributed by atoms with Gasteiger partial charge >= 0.3 is 0 Å². The van der Waals surface area contributed by atoms with Crippen LogP contribution in [0.3, 0.4) is 0 Å². The minimum absolute atomic E-state index is 0.500. The molecule has 2 aromatic carbocycles. The van der Waals surface area contributed by atoms with Crippen LogP contribution in [-0.4, -0.2) is 4.57 Å². The van der Waals surface area contributed by atoms with E-state index in [0.29, 0.717) is 6.17 Å². The molecule has 2 nitrogen and oxygen atoms in total. The van der Waals surface area contributed by atoms with Crippen molar-refractivity contribution in [3.8, 4) is 5.82 Å². The first-order valence-corrected chi connectivity index (χ1v) is 7.96. The van der Waals surface area contributed by atoms with Gasteiger partial charge in [-0.3, -0.25) is 0 Å². The Morgan fingerprint density at radius 1 is 0.913 bits per heavy atom. The Morgan fingerprint density at radius 2 is 1.65 bits per heavy atom. The van der Waals surface area contributed by atoms with E-state index in [4.69, 9.17) is 1.37 Å². The van der Waals surface area contributed by atoms with Gasteiger partial charge in [0.15, 0.2) is 0 Å². The normalized spacial score (nSPS) is 12.1. The average molecular weight is 302 g/mol. The summed E-state index contributed by atoms with van der Waals surface area (Å²) in [5, 5.41) is 2.54. The van der Waals surface area contributed by atoms with Gasteiger partial charge in [0.05, 0.1) is 13.2 Å². The Bertz CT molecular complexity index is 1110. The monoisotopic (exact) mass is 302 g/mol. The van der Waals surface area contributed by atoms with Crippen molar-refractivity contribution in [2.45, 2.75) is 20.8 Å². The molecule has 2 aromatic heterocycles. The Morgan fingerprint density at radius 3 is 2.48 bits per heavy atom. The van der Waals surface area contributed by atoms with Crippen LogP contribution in [0.4, 0.5) is 0 Å². The molecule has 114 valence electrons. The summed E-state index contributed by atoms with van der Waals surface area (Å²) in [4.78, 5) is 0. The predicted molar refractivity (Wildman–Crippen MR) is 96.2 cm³/mol. The number of nitrogens with zero attached hydrogens (tertiary/aromatic N) is 2. The zero-order valence-corrected chi connectivity index (χ0v) is 14.0. The summed E-state index contributed by atoms with van der Waals surface area (Å²) in [5.74, 6) is 1.01. The van der Waals surface area contributed by atoms with Crippen LogP contribution in [-0.2, 0) is 7.05 Å². The Balaban J connectivity index is 2.29. The van der Waals surface area contributed by atoms with Crippen molar-refractivity contribution in [3.63, 3.8) is 0 Å². The highest BCUT2D eigenvalue weighted by Crippen LogP contribution is 2.35. The van der Waals surface area contributed by atoms with Crippen molar-refractivity contribution in [1.29, 1.82) is 0 Å². The first-order chi connectivity index (χ1) is 11.5. The molecule has 23 heavy (non-hydrogen) atoms. The molecule has 0 fully saturated rings. The zero-order chi connectivity index (χ0) is 17.0. The lowest BCUT2D eigenvalue weighted by molar-refractivity contribution is -0.665. The summed E-state index contributed by atoms with van der Waals surface area (Å²) >= 11 is 0. The Labute approximate surface area is 138 Å². The first-order valence-electron chi connectivity index (χ1n) is 8.46. The molecule has 0 aliphatic heterocycles. The fraction of sp³-hybridized carbons (Fsp3) is 0.190. The highest BCUT2D eigenvalue weighted by molar-refractivity contribution is 6.10. The van der Waals surface area contributed by atoms with Crippen molar-refractivity contribution in [2.24, 2.45) is 7.05 Å². The maximum absolute atomic E-state index is 8.16. The maximum Gasteiger partial charge on any atom is 0.286 e. The van der Waals surface area contributed by atoms with Crippen LogP contribution >= 0.6 is 0 Å². The smallest absolute Gasteiger partial charge is 0.237 e. The molecule has 0 unspecified atom stereocenters. The molecule has 0 N–H and O–H groups in total. The van der Waals surface area contributed by atoms with Gasteiger partial charge in [0.2, 0.25) is 0 Å². The summed E-state index contributed by atoms with van der Waals surface area (Å²) in [7, 11) is 1.95. The van der Waals surface area contributed by atoms with Crippen LogP contribution in [0.15, 0.2) is 54.7 Å². The van der Waals surface area contributed by atoms with E-state index in [9.17, 15) is 0 Å². The number of fused-ring (bicyclic) bond motifs is 3. The van der Waals surface area contributed by atoms with Crippen molar-refractivity contribution < 1.29 is 5.94 Å². The first kappa shape index (κ1) is 12.9. The highest BCUT2D eigenvalue weighted by Gasteiger charge is 2.22.